The molecule has 0 radical (unpaired) electrons. The van der Waals surface area contributed by atoms with Crippen LogP contribution < -0.4 is 16.2 Å². The molecule has 8 nitrogen and oxygen atoms in total. The molecule has 1 aliphatic rings. The molecule has 0 aliphatic heterocycles. The van der Waals surface area contributed by atoms with Crippen LogP contribution in [0, 0.1) is 5.41 Å². The highest BCUT2D eigenvalue weighted by Gasteiger charge is 2.64. The number of aromatic amines is 1. The smallest absolute Gasteiger partial charge is 0.432 e. The lowest BCUT2D eigenvalue weighted by Gasteiger charge is -2.11. The van der Waals surface area contributed by atoms with Gasteiger partial charge in [0.25, 0.3) is 0 Å². The topological polar surface area (TPSA) is 137 Å². The molecule has 0 saturated heterocycles. The van der Waals surface area contributed by atoms with Gasteiger partial charge in [-0.2, -0.15) is 18.3 Å². The molecule has 5 rings (SSSR count). The minimum atomic E-state index is -4.52. The van der Waals surface area contributed by atoms with Crippen LogP contribution >= 0.6 is 0 Å². The number of nitrogens with two attached hydrogens (primary N) is 2. The van der Waals surface area contributed by atoms with Gasteiger partial charge < -0.3 is 16.2 Å². The van der Waals surface area contributed by atoms with Crippen LogP contribution in [0.25, 0.3) is 22.2 Å². The van der Waals surface area contributed by atoms with Crippen molar-refractivity contribution < 1.29 is 27.5 Å². The Morgan fingerprint density at radius 3 is 2.34 bits per heavy atom. The van der Waals surface area contributed by atoms with Gasteiger partial charge in [0.1, 0.15) is 22.6 Å². The van der Waals surface area contributed by atoms with Gasteiger partial charge in [-0.1, -0.05) is 18.2 Å². The molecule has 178 valence electrons. The molecule has 2 aromatic carbocycles. The summed E-state index contributed by atoms with van der Waals surface area (Å²) in [6.45, 7) is 0. The Morgan fingerprint density at radius 1 is 1.03 bits per heavy atom. The van der Waals surface area contributed by atoms with Crippen LogP contribution in [0.15, 0.2) is 60.8 Å². The van der Waals surface area contributed by atoms with Crippen molar-refractivity contribution >= 4 is 22.7 Å². The lowest BCUT2D eigenvalue weighted by Crippen LogP contribution is -2.38. The normalized spacial score (nSPS) is 16.7. The SMILES string of the molecule is NC(=O)C1(C(N)=O)CC1c1ccc(Oc2ccnc3cc(-c4cc(C(F)(F)F)[nH]n4)ccc23)cc1. The molecule has 4 aromatic rings. The average molecular weight is 481 g/mol. The number of nitrogens with zero attached hydrogens (tertiary/aromatic N) is 2. The van der Waals surface area contributed by atoms with E-state index in [1.165, 1.54) is 6.20 Å². The summed E-state index contributed by atoms with van der Waals surface area (Å²) in [7, 11) is 0. The zero-order valence-electron chi connectivity index (χ0n) is 18.0. The first-order valence-electron chi connectivity index (χ1n) is 10.5. The maximum Gasteiger partial charge on any atom is 0.432 e. The van der Waals surface area contributed by atoms with Gasteiger partial charge in [0.05, 0.1) is 11.2 Å². The van der Waals surface area contributed by atoms with Crippen LogP contribution in [0.5, 0.6) is 11.5 Å². The molecule has 2 heterocycles. The van der Waals surface area contributed by atoms with Gasteiger partial charge in [0.15, 0.2) is 0 Å². The molecular formula is C24H18F3N5O3. The fourth-order valence-corrected chi connectivity index (χ4v) is 4.21. The summed E-state index contributed by atoms with van der Waals surface area (Å²) < 4.78 is 44.6. The molecule has 1 unspecified atom stereocenters. The molecule has 1 aliphatic carbocycles. The lowest BCUT2D eigenvalue weighted by molar-refractivity contribution is -0.141. The number of halogens is 3. The van der Waals surface area contributed by atoms with Gasteiger partial charge in [-0.15, -0.1) is 0 Å². The molecule has 1 atom stereocenters. The van der Waals surface area contributed by atoms with Crippen molar-refractivity contribution in [3.05, 3.63) is 72.1 Å². The van der Waals surface area contributed by atoms with E-state index in [0.717, 1.165) is 11.6 Å². The number of pyridine rings is 1. The number of ether oxygens (including phenoxy) is 1. The van der Waals surface area contributed by atoms with E-state index in [4.69, 9.17) is 16.2 Å². The Labute approximate surface area is 196 Å². The summed E-state index contributed by atoms with van der Waals surface area (Å²) in [4.78, 5) is 27.8. The molecule has 5 N–H and O–H groups in total. The number of hydrogen-bond donors (Lipinski definition) is 3. The molecule has 1 fully saturated rings. The fraction of sp³-hybridized carbons (Fsp3) is 0.167. The maximum atomic E-state index is 12.9. The predicted octanol–water partition coefficient (Wildman–Crippen LogP) is 3.88. The zero-order chi connectivity index (χ0) is 25.0. The van der Waals surface area contributed by atoms with Gasteiger partial charge in [-0.3, -0.25) is 19.7 Å². The summed E-state index contributed by atoms with van der Waals surface area (Å²) in [6.07, 6.45) is -2.72. The number of benzene rings is 2. The molecule has 11 heteroatoms. The summed E-state index contributed by atoms with van der Waals surface area (Å²) in [6, 6.07) is 14.4. The summed E-state index contributed by atoms with van der Waals surface area (Å²) in [5, 5.41) is 6.40. The maximum absolute atomic E-state index is 12.9. The van der Waals surface area contributed by atoms with Crippen molar-refractivity contribution in [1.29, 1.82) is 0 Å². The number of nitrogens with one attached hydrogen (secondary N) is 1. The van der Waals surface area contributed by atoms with Crippen molar-refractivity contribution in [2.45, 2.75) is 18.5 Å². The average Bonchev–Trinajstić information content (AvgIpc) is 3.39. The Hall–Kier alpha value is -4.41. The highest BCUT2D eigenvalue weighted by Crippen LogP contribution is 2.59. The number of carbonyl (C=O) groups is 2. The molecule has 35 heavy (non-hydrogen) atoms. The molecule has 2 amide bonds. The highest BCUT2D eigenvalue weighted by molar-refractivity contribution is 6.08. The first kappa shape index (κ1) is 22.4. The number of H-pyrrole nitrogens is 1. The number of carbonyl (C=O) groups excluding carboxylic acids is 2. The number of rotatable bonds is 6. The molecule has 0 bridgehead atoms. The van der Waals surface area contributed by atoms with Gasteiger partial charge in [0.2, 0.25) is 11.8 Å². The van der Waals surface area contributed by atoms with Gasteiger partial charge in [0, 0.05) is 23.1 Å². The standard InChI is InChI=1S/C24H18F3N5O3/c25-24(26,27)20-10-17(31-32-20)13-3-6-15-18(9-13)30-8-7-19(15)35-14-4-1-12(2-5-14)16-11-23(16,21(28)33)22(29)34/h1-10,16H,11H2,(H2,28,33)(H2,29,34)(H,31,32). The van der Waals surface area contributed by atoms with Crippen molar-refractivity contribution in [3.63, 3.8) is 0 Å². The summed E-state index contributed by atoms with van der Waals surface area (Å²) >= 11 is 0. The fourth-order valence-electron chi connectivity index (χ4n) is 4.21. The number of aromatic nitrogens is 3. The Morgan fingerprint density at radius 2 is 1.74 bits per heavy atom. The number of fused-ring (bicyclic) bond motifs is 1. The lowest BCUT2D eigenvalue weighted by atomic mass is 9.97. The molecule has 0 spiro atoms. The second-order valence-corrected chi connectivity index (χ2v) is 8.33. The highest BCUT2D eigenvalue weighted by atomic mass is 19.4. The zero-order valence-corrected chi connectivity index (χ0v) is 18.0. The second kappa shape index (κ2) is 7.83. The van der Waals surface area contributed by atoms with E-state index in [1.54, 1.807) is 48.5 Å². The molecular weight excluding hydrogens is 463 g/mol. The third-order valence-electron chi connectivity index (χ3n) is 6.23. The van der Waals surface area contributed by atoms with E-state index in [-0.39, 0.29) is 18.0 Å². The third kappa shape index (κ3) is 3.84. The van der Waals surface area contributed by atoms with Crippen LogP contribution in [0.2, 0.25) is 0 Å². The van der Waals surface area contributed by atoms with Crippen molar-refractivity contribution in [2.75, 3.05) is 0 Å². The number of primary amides is 2. The van der Waals surface area contributed by atoms with E-state index in [1.807, 2.05) is 5.10 Å². The largest absolute Gasteiger partial charge is 0.457 e. The first-order valence-corrected chi connectivity index (χ1v) is 10.5. The second-order valence-electron chi connectivity index (χ2n) is 8.33. The third-order valence-corrected chi connectivity index (χ3v) is 6.23. The first-order chi connectivity index (χ1) is 16.6. The van der Waals surface area contributed by atoms with Crippen molar-refractivity contribution in [2.24, 2.45) is 16.9 Å². The predicted molar refractivity (Wildman–Crippen MR) is 119 cm³/mol. The Bertz CT molecular complexity index is 1450. The van der Waals surface area contributed by atoms with Crippen molar-refractivity contribution in [3.8, 4) is 22.8 Å². The van der Waals surface area contributed by atoms with Gasteiger partial charge in [-0.05, 0) is 48.4 Å². The van der Waals surface area contributed by atoms with Crippen LogP contribution in [-0.4, -0.2) is 27.0 Å². The Balaban J connectivity index is 1.38. The van der Waals surface area contributed by atoms with E-state index in [9.17, 15) is 22.8 Å². The van der Waals surface area contributed by atoms with Crippen LogP contribution in [0.4, 0.5) is 13.2 Å². The minimum absolute atomic E-state index is 0.144. The van der Waals surface area contributed by atoms with Crippen molar-refractivity contribution in [1.82, 2.24) is 15.2 Å². The number of alkyl halides is 3. The summed E-state index contributed by atoms with van der Waals surface area (Å²) in [5.41, 5.74) is 10.4. The quantitative estimate of drug-likeness (QED) is 0.359. The van der Waals surface area contributed by atoms with E-state index in [2.05, 4.69) is 10.1 Å². The van der Waals surface area contributed by atoms with Crippen LogP contribution in [0.1, 0.15) is 23.6 Å². The number of amides is 2. The number of hydrogen-bond acceptors (Lipinski definition) is 5. The molecule has 2 aromatic heterocycles. The monoisotopic (exact) mass is 481 g/mol. The van der Waals surface area contributed by atoms with Crippen LogP contribution in [-0.2, 0) is 15.8 Å². The van der Waals surface area contributed by atoms with E-state index < -0.39 is 29.1 Å². The Kier molecular flexibility index (Phi) is 5.01. The van der Waals surface area contributed by atoms with Crippen LogP contribution in [0.3, 0.4) is 0 Å². The van der Waals surface area contributed by atoms with E-state index in [0.29, 0.717) is 28.0 Å². The molecule has 1 saturated carbocycles. The van der Waals surface area contributed by atoms with Gasteiger partial charge >= 0.3 is 6.18 Å². The van der Waals surface area contributed by atoms with E-state index >= 15 is 0 Å². The minimum Gasteiger partial charge on any atom is -0.457 e. The summed E-state index contributed by atoms with van der Waals surface area (Å²) in [5.74, 6) is -0.851. The van der Waals surface area contributed by atoms with Gasteiger partial charge in [-0.25, -0.2) is 0 Å².